The Morgan fingerprint density at radius 2 is 1.60 bits per heavy atom. The van der Waals surface area contributed by atoms with Crippen molar-refractivity contribution in [3.8, 4) is 0 Å². The zero-order valence-electron chi connectivity index (χ0n) is 2.99. The van der Waals surface area contributed by atoms with Crippen molar-refractivity contribution < 1.29 is 5.48 Å². The van der Waals surface area contributed by atoms with E-state index in [9.17, 15) is 0 Å². The zero-order valence-corrected chi connectivity index (χ0v) is 3.80. The Bertz CT molecular complexity index is 9.61. The maximum Gasteiger partial charge on any atom is -0.00172 e. The van der Waals surface area contributed by atoms with Crippen LogP contribution in [0.5, 0.6) is 0 Å². The third-order valence-corrected chi connectivity index (χ3v) is 0. The fraction of sp³-hybridized carbons (Fsp3) is 1.00. The van der Waals surface area contributed by atoms with Crippen LogP contribution in [0.2, 0.25) is 0 Å². The van der Waals surface area contributed by atoms with Crippen molar-refractivity contribution in [2.24, 2.45) is 5.84 Å². The van der Waals surface area contributed by atoms with Crippen molar-refractivity contribution in [2.45, 2.75) is 0 Å². The fourth-order valence-corrected chi connectivity index (χ4v) is 0. The molecule has 0 aliphatic carbocycles. The van der Waals surface area contributed by atoms with E-state index in [2.05, 4.69) is 11.3 Å². The van der Waals surface area contributed by atoms with Gasteiger partial charge in [-0.1, -0.05) is 0 Å². The average Bonchev–Trinajstić information content (AvgIpc) is 0.918. The van der Waals surface area contributed by atoms with Gasteiger partial charge >= 0.3 is 0 Å². The molecule has 4 heteroatoms. The number of nitrogens with two attached hydrogens (primary N) is 1. The summed E-state index contributed by atoms with van der Waals surface area (Å²) in [5.41, 5.74) is 2.25. The lowest BCUT2D eigenvalue weighted by Gasteiger charge is -1.62. The van der Waals surface area contributed by atoms with Crippen molar-refractivity contribution >= 4 is 12.4 Å². The first-order valence-corrected chi connectivity index (χ1v) is 0.789. The first-order valence-electron chi connectivity index (χ1n) is 0.789. The van der Waals surface area contributed by atoms with Crippen LogP contribution in [0.25, 0.3) is 0 Å². The van der Waals surface area contributed by atoms with Crippen LogP contribution in [-0.4, -0.2) is 12.5 Å². The molecule has 0 fully saturated rings. The molecule has 0 aromatic rings. The van der Waals surface area contributed by atoms with Crippen LogP contribution < -0.4 is 11.3 Å². The Balaban J connectivity index is -0.0000000200. The van der Waals surface area contributed by atoms with Crippen molar-refractivity contribution in [1.82, 2.24) is 5.43 Å². The van der Waals surface area contributed by atoms with E-state index in [0.717, 1.165) is 0 Å². The Kier molecular flexibility index (Phi) is 117. The summed E-state index contributed by atoms with van der Waals surface area (Å²) < 4.78 is 0. The predicted molar refractivity (Wildman–Crippen MR) is 24.1 cm³/mol. The lowest BCUT2D eigenvalue weighted by Crippen LogP contribution is -2.13. The Morgan fingerprint density at radius 3 is 1.60 bits per heavy atom. The largest absolute Gasteiger partial charge is 0.412 e. The van der Waals surface area contributed by atoms with Crippen molar-refractivity contribution in [3.63, 3.8) is 0 Å². The van der Waals surface area contributed by atoms with Crippen LogP contribution in [0.15, 0.2) is 0 Å². The molecule has 0 aliphatic heterocycles. The summed E-state index contributed by atoms with van der Waals surface area (Å²) in [5, 5.41) is 0. The molecule has 0 spiro atoms. The standard InChI is InChI=1S/CH6N2.ClH.H2O/c1-3-2;;/h3H,2H2,1H3;1H;1H2. The third kappa shape index (κ3) is 679. The van der Waals surface area contributed by atoms with Gasteiger partial charge in [-0.2, -0.15) is 0 Å². The van der Waals surface area contributed by atoms with Gasteiger partial charge in [0.1, 0.15) is 0 Å². The summed E-state index contributed by atoms with van der Waals surface area (Å²) in [6, 6.07) is 0. The summed E-state index contributed by atoms with van der Waals surface area (Å²) in [5.74, 6) is 4.60. The Labute approximate surface area is 37.2 Å². The van der Waals surface area contributed by atoms with Crippen LogP contribution in [0.4, 0.5) is 0 Å². The number of hydrogen-bond donors (Lipinski definition) is 2. The van der Waals surface area contributed by atoms with E-state index in [1.165, 1.54) is 0 Å². The minimum atomic E-state index is 0. The topological polar surface area (TPSA) is 69.5 Å². The molecule has 0 atom stereocenters. The molecule has 0 rings (SSSR count). The molecule has 0 heterocycles. The first kappa shape index (κ1) is 19.1. The molecular formula is CH9ClN2O. The Hall–Kier alpha value is 0.170. The van der Waals surface area contributed by atoms with E-state index in [1.54, 1.807) is 7.05 Å². The van der Waals surface area contributed by atoms with Gasteiger partial charge in [-0.25, -0.2) is 0 Å². The highest BCUT2D eigenvalue weighted by molar-refractivity contribution is 5.85. The molecule has 0 bridgehead atoms. The normalized spacial score (nSPS) is 3.60. The monoisotopic (exact) mass is 100 g/mol. The van der Waals surface area contributed by atoms with Gasteiger partial charge in [0, 0.05) is 0 Å². The minimum absolute atomic E-state index is 0. The second-order valence-electron chi connectivity index (χ2n) is 0.289. The zero-order chi connectivity index (χ0) is 2.71. The second kappa shape index (κ2) is 30.6. The van der Waals surface area contributed by atoms with Gasteiger partial charge in [0.25, 0.3) is 0 Å². The quantitative estimate of drug-likeness (QED) is 0.293. The second-order valence-corrected chi connectivity index (χ2v) is 0.289. The van der Waals surface area contributed by atoms with E-state index in [0.29, 0.717) is 0 Å². The highest BCUT2D eigenvalue weighted by Crippen LogP contribution is 0.817. The summed E-state index contributed by atoms with van der Waals surface area (Å²) in [6.07, 6.45) is 0. The average molecular weight is 101 g/mol. The van der Waals surface area contributed by atoms with Crippen LogP contribution in [0, 0.1) is 0 Å². The maximum atomic E-state index is 4.60. The molecule has 5 heavy (non-hydrogen) atoms. The van der Waals surface area contributed by atoms with Crippen LogP contribution in [0.3, 0.4) is 0 Å². The molecule has 0 aromatic carbocycles. The lowest BCUT2D eigenvalue weighted by molar-refractivity contribution is 0.824. The smallest absolute Gasteiger partial charge is 0.00172 e. The van der Waals surface area contributed by atoms with Gasteiger partial charge in [0.15, 0.2) is 0 Å². The summed E-state index contributed by atoms with van der Waals surface area (Å²) >= 11 is 0. The van der Waals surface area contributed by atoms with Crippen LogP contribution >= 0.6 is 12.4 Å². The summed E-state index contributed by atoms with van der Waals surface area (Å²) in [4.78, 5) is 0. The molecule has 36 valence electrons. The van der Waals surface area contributed by atoms with Gasteiger partial charge in [0.2, 0.25) is 0 Å². The lowest BCUT2D eigenvalue weighted by atomic mass is 11.5. The molecule has 0 unspecified atom stereocenters. The molecular weight excluding hydrogens is 91.5 g/mol. The number of hydrazine groups is 1. The van der Waals surface area contributed by atoms with Crippen LogP contribution in [-0.2, 0) is 0 Å². The third-order valence-electron chi connectivity index (χ3n) is 0. The molecule has 0 saturated heterocycles. The van der Waals surface area contributed by atoms with Crippen molar-refractivity contribution in [3.05, 3.63) is 0 Å². The highest BCUT2D eigenvalue weighted by atomic mass is 35.5. The van der Waals surface area contributed by atoms with E-state index in [-0.39, 0.29) is 17.9 Å². The maximum absolute atomic E-state index is 4.60. The number of halogens is 1. The van der Waals surface area contributed by atoms with Crippen molar-refractivity contribution in [1.29, 1.82) is 0 Å². The van der Waals surface area contributed by atoms with E-state index in [1.807, 2.05) is 0 Å². The molecule has 0 amide bonds. The van der Waals surface area contributed by atoms with Gasteiger partial charge in [-0.05, 0) is 7.05 Å². The number of hydrogen-bond acceptors (Lipinski definition) is 2. The predicted octanol–water partition coefficient (Wildman–Crippen LogP) is -1.32. The molecule has 3 nitrogen and oxygen atoms in total. The van der Waals surface area contributed by atoms with Gasteiger partial charge < -0.3 is 5.48 Å². The van der Waals surface area contributed by atoms with Gasteiger partial charge in [-0.15, -0.1) is 12.4 Å². The number of rotatable bonds is 0. The molecule has 0 saturated carbocycles. The molecule has 0 aromatic heterocycles. The first-order chi connectivity index (χ1) is 1.41. The SMILES string of the molecule is CNN.Cl.O. The van der Waals surface area contributed by atoms with Crippen molar-refractivity contribution in [2.75, 3.05) is 7.05 Å². The van der Waals surface area contributed by atoms with Gasteiger partial charge in [-0.3, -0.25) is 11.3 Å². The number of nitrogens with one attached hydrogen (secondary N) is 1. The van der Waals surface area contributed by atoms with E-state index >= 15 is 0 Å². The minimum Gasteiger partial charge on any atom is -0.412 e. The fourth-order valence-electron chi connectivity index (χ4n) is 0. The van der Waals surface area contributed by atoms with E-state index < -0.39 is 0 Å². The molecule has 0 aliphatic rings. The summed E-state index contributed by atoms with van der Waals surface area (Å²) in [6.45, 7) is 0. The highest BCUT2D eigenvalue weighted by Gasteiger charge is 1.22. The van der Waals surface area contributed by atoms with Gasteiger partial charge in [0.05, 0.1) is 0 Å². The molecule has 5 N–H and O–H groups in total. The Morgan fingerprint density at radius 1 is 1.60 bits per heavy atom. The van der Waals surface area contributed by atoms with E-state index in [4.69, 9.17) is 0 Å². The summed E-state index contributed by atoms with van der Waals surface area (Å²) in [7, 11) is 1.65. The van der Waals surface area contributed by atoms with Crippen LogP contribution in [0.1, 0.15) is 0 Å². The molecule has 0 radical (unpaired) electrons.